The molecule has 0 radical (unpaired) electrons. The molecule has 1 heterocycles. The van der Waals surface area contributed by atoms with Crippen LogP contribution in [0.25, 0.3) is 0 Å². The Morgan fingerprint density at radius 3 is 2.40 bits per heavy atom. The zero-order chi connectivity index (χ0) is 21.7. The van der Waals surface area contributed by atoms with Gasteiger partial charge in [0.15, 0.2) is 6.10 Å². The van der Waals surface area contributed by atoms with E-state index in [4.69, 9.17) is 4.74 Å². The van der Waals surface area contributed by atoms with Gasteiger partial charge in [0.1, 0.15) is 6.54 Å². The number of nitrogens with zero attached hydrogens (tertiary/aromatic N) is 1. The monoisotopic (exact) mass is 409 g/mol. The zero-order valence-electron chi connectivity index (χ0n) is 16.1. The third kappa shape index (κ3) is 4.69. The normalized spacial score (nSPS) is 13.4. The van der Waals surface area contributed by atoms with Crippen LogP contribution in [0.2, 0.25) is 0 Å². The lowest BCUT2D eigenvalue weighted by molar-refractivity contribution is -0.153. The van der Waals surface area contributed by atoms with E-state index in [1.54, 1.807) is 18.2 Å². The van der Waals surface area contributed by atoms with Gasteiger partial charge in [-0.05, 0) is 24.6 Å². The Hall–Kier alpha value is -4.01. The molecule has 154 valence electrons. The fourth-order valence-electron chi connectivity index (χ4n) is 2.86. The molecule has 0 aromatic heterocycles. The topological polar surface area (TPSA) is 122 Å². The quantitative estimate of drug-likeness (QED) is 0.546. The number of amides is 4. The van der Waals surface area contributed by atoms with Crippen molar-refractivity contribution in [2.45, 2.75) is 19.6 Å². The molecule has 2 aromatic carbocycles. The average Bonchev–Trinajstić information content (AvgIpc) is 2.98. The molecular weight excluding hydrogens is 390 g/mol. The van der Waals surface area contributed by atoms with Gasteiger partial charge in [0.05, 0.1) is 11.3 Å². The van der Waals surface area contributed by atoms with Gasteiger partial charge in [-0.25, -0.2) is 4.79 Å². The first-order valence-corrected chi connectivity index (χ1v) is 9.14. The molecule has 0 fully saturated rings. The molecule has 0 saturated carbocycles. The molecule has 4 amide bonds. The molecule has 30 heavy (non-hydrogen) atoms. The van der Waals surface area contributed by atoms with E-state index >= 15 is 0 Å². The maximum absolute atomic E-state index is 12.2. The van der Waals surface area contributed by atoms with E-state index in [0.717, 1.165) is 10.5 Å². The molecule has 0 unspecified atom stereocenters. The van der Waals surface area contributed by atoms with Crippen LogP contribution in [0.4, 0.5) is 10.5 Å². The van der Waals surface area contributed by atoms with Gasteiger partial charge >= 0.3 is 12.0 Å². The summed E-state index contributed by atoms with van der Waals surface area (Å²) >= 11 is 0. The smallest absolute Gasteiger partial charge is 0.326 e. The summed E-state index contributed by atoms with van der Waals surface area (Å²) in [7, 11) is 0. The summed E-state index contributed by atoms with van der Waals surface area (Å²) in [5.74, 6) is -3.26. The van der Waals surface area contributed by atoms with E-state index in [-0.39, 0.29) is 12.1 Å². The number of carbonyl (C=O) groups is 5. The van der Waals surface area contributed by atoms with Gasteiger partial charge in [-0.1, -0.05) is 42.5 Å². The van der Waals surface area contributed by atoms with E-state index in [9.17, 15) is 24.0 Å². The summed E-state index contributed by atoms with van der Waals surface area (Å²) in [4.78, 5) is 61.1. The average molecular weight is 409 g/mol. The van der Waals surface area contributed by atoms with Crippen LogP contribution in [0.3, 0.4) is 0 Å². The van der Waals surface area contributed by atoms with Crippen LogP contribution in [0.5, 0.6) is 0 Å². The van der Waals surface area contributed by atoms with Gasteiger partial charge < -0.3 is 10.1 Å². The van der Waals surface area contributed by atoms with Crippen LogP contribution in [-0.2, 0) is 25.7 Å². The van der Waals surface area contributed by atoms with Gasteiger partial charge in [-0.15, -0.1) is 0 Å². The minimum Gasteiger partial charge on any atom is -0.451 e. The summed E-state index contributed by atoms with van der Waals surface area (Å²) in [6, 6.07) is 14.6. The number of urea groups is 1. The van der Waals surface area contributed by atoms with Gasteiger partial charge in [0.25, 0.3) is 17.6 Å². The van der Waals surface area contributed by atoms with Crippen molar-refractivity contribution in [3.63, 3.8) is 0 Å². The molecule has 2 aromatic rings. The van der Waals surface area contributed by atoms with Crippen LogP contribution in [-0.4, -0.2) is 42.2 Å². The summed E-state index contributed by atoms with van der Waals surface area (Å²) in [6.07, 6.45) is -1.27. The van der Waals surface area contributed by atoms with Crippen molar-refractivity contribution in [1.29, 1.82) is 0 Å². The van der Waals surface area contributed by atoms with Gasteiger partial charge in [-0.2, -0.15) is 0 Å². The zero-order valence-corrected chi connectivity index (χ0v) is 16.1. The standard InChI is InChI=1S/C21H19N3O6/c1-13(19(27)23-21(29)22-11-14-7-3-2-4-8-14)30-17(25)12-24-16-10-6-5-9-15(16)18(26)20(24)28/h2-10,13H,11-12H2,1H3,(H2,22,23,27,29)/t13-/m1/s1. The number of carbonyl (C=O) groups excluding carboxylic acids is 5. The maximum Gasteiger partial charge on any atom is 0.326 e. The number of hydrogen-bond donors (Lipinski definition) is 2. The number of para-hydroxylation sites is 1. The maximum atomic E-state index is 12.2. The van der Waals surface area contributed by atoms with Crippen LogP contribution in [0.15, 0.2) is 54.6 Å². The highest BCUT2D eigenvalue weighted by atomic mass is 16.5. The van der Waals surface area contributed by atoms with Crippen LogP contribution < -0.4 is 15.5 Å². The summed E-state index contributed by atoms with van der Waals surface area (Å²) in [5.41, 5.74) is 1.36. The Labute approximate surface area is 172 Å². The third-order valence-electron chi connectivity index (χ3n) is 4.38. The molecule has 9 heteroatoms. The number of ether oxygens (including phenoxy) is 1. The number of esters is 1. The van der Waals surface area contributed by atoms with Crippen molar-refractivity contribution in [3.05, 3.63) is 65.7 Å². The predicted molar refractivity (Wildman–Crippen MR) is 105 cm³/mol. The first-order chi connectivity index (χ1) is 14.4. The van der Waals surface area contributed by atoms with Crippen molar-refractivity contribution in [2.24, 2.45) is 0 Å². The number of Topliss-reactive ketones (excluding diaryl/α,β-unsaturated/α-hetero) is 1. The van der Waals surface area contributed by atoms with E-state index < -0.39 is 42.2 Å². The number of hydrogen-bond acceptors (Lipinski definition) is 6. The highest BCUT2D eigenvalue weighted by Crippen LogP contribution is 2.28. The van der Waals surface area contributed by atoms with E-state index in [1.807, 2.05) is 30.3 Å². The number of imide groups is 1. The van der Waals surface area contributed by atoms with Gasteiger partial charge in [0.2, 0.25) is 0 Å². The number of fused-ring (bicyclic) bond motifs is 1. The van der Waals surface area contributed by atoms with Crippen LogP contribution >= 0.6 is 0 Å². The second-order valence-electron chi connectivity index (χ2n) is 6.53. The summed E-state index contributed by atoms with van der Waals surface area (Å²) < 4.78 is 5.00. The molecule has 1 atom stereocenters. The molecule has 9 nitrogen and oxygen atoms in total. The van der Waals surface area contributed by atoms with E-state index in [2.05, 4.69) is 10.6 Å². The van der Waals surface area contributed by atoms with Gasteiger partial charge in [-0.3, -0.25) is 29.4 Å². The van der Waals surface area contributed by atoms with Crippen molar-refractivity contribution in [1.82, 2.24) is 10.6 Å². The fourth-order valence-corrected chi connectivity index (χ4v) is 2.86. The molecule has 1 aliphatic rings. The molecular formula is C21H19N3O6. The fraction of sp³-hybridized carbons (Fsp3) is 0.190. The second-order valence-corrected chi connectivity index (χ2v) is 6.53. The van der Waals surface area contributed by atoms with Crippen LogP contribution in [0, 0.1) is 0 Å². The predicted octanol–water partition coefficient (Wildman–Crippen LogP) is 1.17. The number of nitrogens with one attached hydrogen (secondary N) is 2. The Morgan fingerprint density at radius 1 is 1.00 bits per heavy atom. The van der Waals surface area contributed by atoms with Gasteiger partial charge in [0, 0.05) is 6.54 Å². The molecule has 0 saturated heterocycles. The molecule has 3 rings (SSSR count). The largest absolute Gasteiger partial charge is 0.451 e. The number of rotatable bonds is 6. The molecule has 0 aliphatic carbocycles. The summed E-state index contributed by atoms with van der Waals surface area (Å²) in [5, 5.41) is 4.60. The first-order valence-electron chi connectivity index (χ1n) is 9.14. The molecule has 0 bridgehead atoms. The Bertz CT molecular complexity index is 1000. The van der Waals surface area contributed by atoms with E-state index in [1.165, 1.54) is 13.0 Å². The highest BCUT2D eigenvalue weighted by Gasteiger charge is 2.37. The van der Waals surface area contributed by atoms with Crippen LogP contribution in [0.1, 0.15) is 22.8 Å². The first kappa shape index (κ1) is 20.7. The Morgan fingerprint density at radius 2 is 1.67 bits per heavy atom. The van der Waals surface area contributed by atoms with Crippen molar-refractivity contribution in [2.75, 3.05) is 11.4 Å². The lowest BCUT2D eigenvalue weighted by atomic mass is 10.1. The Kier molecular flexibility index (Phi) is 6.21. The van der Waals surface area contributed by atoms with Crippen molar-refractivity contribution >= 4 is 35.3 Å². The Balaban J connectivity index is 1.49. The number of anilines is 1. The lowest BCUT2D eigenvalue weighted by Gasteiger charge is -2.18. The minimum absolute atomic E-state index is 0.205. The number of benzene rings is 2. The van der Waals surface area contributed by atoms with Crippen molar-refractivity contribution in [3.8, 4) is 0 Å². The van der Waals surface area contributed by atoms with E-state index in [0.29, 0.717) is 5.69 Å². The third-order valence-corrected chi connectivity index (χ3v) is 4.38. The summed E-state index contributed by atoms with van der Waals surface area (Å²) in [6.45, 7) is 0.987. The highest BCUT2D eigenvalue weighted by molar-refractivity contribution is 6.52. The minimum atomic E-state index is -1.27. The molecule has 1 aliphatic heterocycles. The number of ketones is 1. The molecule has 2 N–H and O–H groups in total. The second kappa shape index (κ2) is 8.99. The van der Waals surface area contributed by atoms with Crippen molar-refractivity contribution < 1.29 is 28.7 Å². The lowest BCUT2D eigenvalue weighted by Crippen LogP contribution is -2.45. The SMILES string of the molecule is C[C@@H](OC(=O)CN1C(=O)C(=O)c2ccccc21)C(=O)NC(=O)NCc1ccccc1. The molecule has 0 spiro atoms.